The molecule has 2 rings (SSSR count). The van der Waals surface area contributed by atoms with Gasteiger partial charge in [0.2, 0.25) is 0 Å². The summed E-state index contributed by atoms with van der Waals surface area (Å²) in [5, 5.41) is 3.50. The number of rotatable bonds is 7. The molecule has 1 unspecified atom stereocenters. The van der Waals surface area contributed by atoms with E-state index in [0.29, 0.717) is 0 Å². The maximum atomic E-state index is 5.37. The van der Waals surface area contributed by atoms with Crippen molar-refractivity contribution >= 4 is 29.9 Å². The number of hydrogen-bond acceptors (Lipinski definition) is 3. The quantitative estimate of drug-likeness (QED) is 0.372. The van der Waals surface area contributed by atoms with Crippen LogP contribution < -0.4 is 10.1 Å². The van der Waals surface area contributed by atoms with Crippen LogP contribution >= 0.6 is 24.0 Å². The van der Waals surface area contributed by atoms with Crippen molar-refractivity contribution in [1.82, 2.24) is 15.1 Å². The molecule has 0 bridgehead atoms. The van der Waals surface area contributed by atoms with Crippen molar-refractivity contribution in [2.24, 2.45) is 4.99 Å². The molecule has 0 spiro atoms. The Labute approximate surface area is 180 Å². The third-order valence-electron chi connectivity index (χ3n) is 4.39. The second-order valence-electron chi connectivity index (χ2n) is 6.53. The molecule has 1 N–H and O–H groups in total. The predicted molar refractivity (Wildman–Crippen MR) is 124 cm³/mol. The molecular formula is C21H31IN4O. The molecule has 0 aliphatic rings. The molecule has 5 nitrogen and oxygen atoms in total. The van der Waals surface area contributed by atoms with Gasteiger partial charge in [0, 0.05) is 27.2 Å². The molecule has 1 atom stereocenters. The number of aliphatic imine (C=N–C) groups is 1. The Kier molecular flexibility index (Phi) is 10.2. The summed E-state index contributed by atoms with van der Waals surface area (Å²) in [5.74, 6) is 1.75. The van der Waals surface area contributed by atoms with E-state index in [-0.39, 0.29) is 30.0 Å². The summed E-state index contributed by atoms with van der Waals surface area (Å²) in [6, 6.07) is 18.8. The lowest BCUT2D eigenvalue weighted by Gasteiger charge is -2.28. The van der Waals surface area contributed by atoms with Crippen LogP contribution in [0.4, 0.5) is 0 Å². The van der Waals surface area contributed by atoms with Crippen molar-refractivity contribution in [1.29, 1.82) is 0 Å². The second-order valence-corrected chi connectivity index (χ2v) is 6.53. The SMILES string of the molecule is CN=C(NCC(c1cccc(OC)c1)N(C)C)N(C)Cc1ccccc1.I. The fourth-order valence-electron chi connectivity index (χ4n) is 2.95. The lowest BCUT2D eigenvalue weighted by atomic mass is 10.1. The molecule has 2 aromatic rings. The number of hydrogen-bond donors (Lipinski definition) is 1. The normalized spacial score (nSPS) is 12.3. The van der Waals surface area contributed by atoms with Crippen LogP contribution in [-0.4, -0.2) is 57.6 Å². The summed E-state index contributed by atoms with van der Waals surface area (Å²) in [7, 11) is 9.74. The number of ether oxygens (including phenoxy) is 1. The van der Waals surface area contributed by atoms with Crippen molar-refractivity contribution < 1.29 is 4.74 Å². The second kappa shape index (κ2) is 11.8. The van der Waals surface area contributed by atoms with Gasteiger partial charge in [-0.3, -0.25) is 4.99 Å². The summed E-state index contributed by atoms with van der Waals surface area (Å²) in [6.07, 6.45) is 0. The van der Waals surface area contributed by atoms with Crippen LogP contribution in [0.25, 0.3) is 0 Å². The van der Waals surface area contributed by atoms with Gasteiger partial charge in [-0.05, 0) is 37.4 Å². The molecule has 0 fully saturated rings. The average Bonchev–Trinajstić information content (AvgIpc) is 2.65. The summed E-state index contributed by atoms with van der Waals surface area (Å²) in [4.78, 5) is 8.76. The van der Waals surface area contributed by atoms with Gasteiger partial charge in [0.05, 0.1) is 13.2 Å². The number of guanidine groups is 1. The van der Waals surface area contributed by atoms with Crippen LogP contribution in [0, 0.1) is 0 Å². The zero-order valence-corrected chi connectivity index (χ0v) is 19.2. The van der Waals surface area contributed by atoms with Gasteiger partial charge in [-0.1, -0.05) is 42.5 Å². The number of nitrogens with one attached hydrogen (secondary N) is 1. The van der Waals surface area contributed by atoms with Gasteiger partial charge in [0.15, 0.2) is 5.96 Å². The van der Waals surface area contributed by atoms with Gasteiger partial charge >= 0.3 is 0 Å². The fourth-order valence-corrected chi connectivity index (χ4v) is 2.95. The predicted octanol–water partition coefficient (Wildman–Crippen LogP) is 3.62. The molecule has 0 saturated heterocycles. The molecule has 0 radical (unpaired) electrons. The van der Waals surface area contributed by atoms with Crippen LogP contribution in [0.1, 0.15) is 17.2 Å². The Morgan fingerprint density at radius 2 is 1.78 bits per heavy atom. The summed E-state index contributed by atoms with van der Waals surface area (Å²) < 4.78 is 5.37. The van der Waals surface area contributed by atoms with Crippen LogP contribution in [0.15, 0.2) is 59.6 Å². The highest BCUT2D eigenvalue weighted by Gasteiger charge is 2.16. The van der Waals surface area contributed by atoms with Crippen LogP contribution in [0.5, 0.6) is 5.75 Å². The molecule has 0 aromatic heterocycles. The molecule has 2 aromatic carbocycles. The monoisotopic (exact) mass is 482 g/mol. The first-order valence-electron chi connectivity index (χ1n) is 8.81. The maximum Gasteiger partial charge on any atom is 0.193 e. The van der Waals surface area contributed by atoms with E-state index in [1.807, 2.05) is 25.2 Å². The van der Waals surface area contributed by atoms with Crippen LogP contribution in [-0.2, 0) is 6.54 Å². The van der Waals surface area contributed by atoms with Gasteiger partial charge in [0.1, 0.15) is 5.75 Å². The van der Waals surface area contributed by atoms with Crippen molar-refractivity contribution in [2.75, 3.05) is 41.8 Å². The smallest absolute Gasteiger partial charge is 0.193 e. The highest BCUT2D eigenvalue weighted by atomic mass is 127. The largest absolute Gasteiger partial charge is 0.497 e. The minimum atomic E-state index is 0. The lowest BCUT2D eigenvalue weighted by molar-refractivity contribution is 0.294. The Hall–Kier alpha value is -1.80. The van der Waals surface area contributed by atoms with E-state index in [1.54, 1.807) is 7.11 Å². The number of benzene rings is 2. The molecule has 27 heavy (non-hydrogen) atoms. The van der Waals surface area contributed by atoms with Crippen molar-refractivity contribution in [2.45, 2.75) is 12.6 Å². The number of likely N-dealkylation sites (N-methyl/N-ethyl adjacent to an activating group) is 1. The maximum absolute atomic E-state index is 5.37. The Balaban J connectivity index is 0.00000364. The van der Waals surface area contributed by atoms with E-state index < -0.39 is 0 Å². The number of halogens is 1. The van der Waals surface area contributed by atoms with Crippen LogP contribution in [0.3, 0.4) is 0 Å². The van der Waals surface area contributed by atoms with E-state index in [4.69, 9.17) is 4.74 Å². The van der Waals surface area contributed by atoms with E-state index in [0.717, 1.165) is 24.8 Å². The minimum absolute atomic E-state index is 0. The van der Waals surface area contributed by atoms with E-state index in [1.165, 1.54) is 11.1 Å². The molecule has 0 aliphatic carbocycles. The topological polar surface area (TPSA) is 40.1 Å². The summed E-state index contributed by atoms with van der Waals surface area (Å²) in [6.45, 7) is 1.57. The lowest BCUT2D eigenvalue weighted by Crippen LogP contribution is -2.42. The standard InChI is InChI=1S/C21H30N4O.HI/c1-22-21(25(4)16-17-10-7-6-8-11-17)23-15-20(24(2)3)18-12-9-13-19(14-18)26-5;/h6-14,20H,15-16H2,1-5H3,(H,22,23);1H. The summed E-state index contributed by atoms with van der Waals surface area (Å²) in [5.41, 5.74) is 2.47. The molecule has 0 heterocycles. The Morgan fingerprint density at radius 3 is 2.37 bits per heavy atom. The highest BCUT2D eigenvalue weighted by molar-refractivity contribution is 14.0. The van der Waals surface area contributed by atoms with Crippen molar-refractivity contribution in [3.8, 4) is 5.75 Å². The zero-order valence-electron chi connectivity index (χ0n) is 16.8. The third kappa shape index (κ3) is 7.03. The van der Waals surface area contributed by atoms with Gasteiger partial charge < -0.3 is 19.9 Å². The van der Waals surface area contributed by atoms with E-state index in [2.05, 4.69) is 77.7 Å². The Morgan fingerprint density at radius 1 is 1.07 bits per heavy atom. The first-order valence-corrected chi connectivity index (χ1v) is 8.81. The first kappa shape index (κ1) is 23.2. The average molecular weight is 482 g/mol. The first-order chi connectivity index (χ1) is 12.5. The van der Waals surface area contributed by atoms with Gasteiger partial charge in [0.25, 0.3) is 0 Å². The molecule has 0 amide bonds. The van der Waals surface area contributed by atoms with E-state index in [9.17, 15) is 0 Å². The van der Waals surface area contributed by atoms with Gasteiger partial charge in [-0.2, -0.15) is 0 Å². The minimum Gasteiger partial charge on any atom is -0.497 e. The summed E-state index contributed by atoms with van der Waals surface area (Å²) >= 11 is 0. The molecule has 148 valence electrons. The van der Waals surface area contributed by atoms with Crippen molar-refractivity contribution in [3.05, 3.63) is 65.7 Å². The van der Waals surface area contributed by atoms with Gasteiger partial charge in [-0.25, -0.2) is 0 Å². The number of methoxy groups -OCH3 is 1. The molecule has 0 saturated carbocycles. The fraction of sp³-hybridized carbons (Fsp3) is 0.381. The zero-order chi connectivity index (χ0) is 18.9. The van der Waals surface area contributed by atoms with Crippen molar-refractivity contribution in [3.63, 3.8) is 0 Å². The molecule has 0 aliphatic heterocycles. The Bertz CT molecular complexity index is 706. The third-order valence-corrected chi connectivity index (χ3v) is 4.39. The molecular weight excluding hydrogens is 451 g/mol. The van der Waals surface area contributed by atoms with E-state index >= 15 is 0 Å². The highest BCUT2D eigenvalue weighted by Crippen LogP contribution is 2.22. The number of nitrogens with zero attached hydrogens (tertiary/aromatic N) is 3. The molecule has 6 heteroatoms. The van der Waals surface area contributed by atoms with Gasteiger partial charge in [-0.15, -0.1) is 24.0 Å². The van der Waals surface area contributed by atoms with Crippen LogP contribution in [0.2, 0.25) is 0 Å².